The molecule has 3 nitrogen and oxygen atoms in total. The molecule has 0 bridgehead atoms. The molecule has 0 spiro atoms. The summed E-state index contributed by atoms with van der Waals surface area (Å²) in [5, 5.41) is 0. The van der Waals surface area contributed by atoms with Crippen molar-refractivity contribution in [1.82, 2.24) is 9.97 Å². The average Bonchev–Trinajstić information content (AvgIpc) is 2.58. The van der Waals surface area contributed by atoms with E-state index in [-0.39, 0.29) is 5.69 Å². The first-order chi connectivity index (χ1) is 7.74. The van der Waals surface area contributed by atoms with Gasteiger partial charge in [-0.15, -0.1) is 23.2 Å². The van der Waals surface area contributed by atoms with E-state index in [1.54, 1.807) is 0 Å². The molecule has 16 heavy (non-hydrogen) atoms. The quantitative estimate of drug-likeness (QED) is 0.814. The molecule has 0 radical (unpaired) electrons. The van der Waals surface area contributed by atoms with Crippen LogP contribution in [0.25, 0.3) is 11.0 Å². The highest BCUT2D eigenvalue weighted by atomic mass is 35.5. The summed E-state index contributed by atoms with van der Waals surface area (Å²) in [6, 6.07) is 3.94. The molecule has 0 amide bonds. The number of alkyl halides is 2. The smallest absolute Gasteiger partial charge is 0.306 e. The Labute approximate surface area is 103 Å². The SMILES string of the molecule is O=c1[nH]c2cc(CCCl)c(CCCl)cc2[nH]1. The van der Waals surface area contributed by atoms with Gasteiger partial charge in [-0.25, -0.2) is 4.79 Å². The van der Waals surface area contributed by atoms with Crippen molar-refractivity contribution in [2.75, 3.05) is 11.8 Å². The Balaban J connectivity index is 2.55. The zero-order valence-corrected chi connectivity index (χ0v) is 10.2. The van der Waals surface area contributed by atoms with E-state index in [1.165, 1.54) is 0 Å². The minimum atomic E-state index is -0.185. The van der Waals surface area contributed by atoms with E-state index >= 15 is 0 Å². The van der Waals surface area contributed by atoms with Crippen LogP contribution < -0.4 is 5.69 Å². The maximum atomic E-state index is 11.2. The van der Waals surface area contributed by atoms with Crippen LogP contribution in [0.4, 0.5) is 0 Å². The van der Waals surface area contributed by atoms with Crippen LogP contribution in [0.3, 0.4) is 0 Å². The number of hydrogen-bond donors (Lipinski definition) is 2. The Morgan fingerprint density at radius 1 is 0.938 bits per heavy atom. The lowest BCUT2D eigenvalue weighted by atomic mass is 10.0. The second kappa shape index (κ2) is 4.93. The fourth-order valence-corrected chi connectivity index (χ4v) is 2.25. The summed E-state index contributed by atoms with van der Waals surface area (Å²) in [6.45, 7) is 0. The van der Waals surface area contributed by atoms with Crippen LogP contribution in [0, 0.1) is 0 Å². The summed E-state index contributed by atoms with van der Waals surface area (Å²) in [4.78, 5) is 16.6. The van der Waals surface area contributed by atoms with Gasteiger partial charge in [0.15, 0.2) is 0 Å². The molecular weight excluding hydrogens is 247 g/mol. The normalized spacial score (nSPS) is 11.1. The molecule has 5 heteroatoms. The zero-order valence-electron chi connectivity index (χ0n) is 8.65. The van der Waals surface area contributed by atoms with E-state index in [2.05, 4.69) is 9.97 Å². The molecule has 0 saturated heterocycles. The Hall–Kier alpha value is -0.930. The molecule has 1 aromatic carbocycles. The summed E-state index contributed by atoms with van der Waals surface area (Å²) in [5.74, 6) is 1.13. The third-order valence-electron chi connectivity index (χ3n) is 2.56. The van der Waals surface area contributed by atoms with E-state index in [4.69, 9.17) is 23.2 Å². The van der Waals surface area contributed by atoms with Crippen molar-refractivity contribution in [1.29, 1.82) is 0 Å². The third-order valence-corrected chi connectivity index (χ3v) is 2.94. The number of fused-ring (bicyclic) bond motifs is 1. The number of aromatic amines is 2. The minimum Gasteiger partial charge on any atom is -0.306 e. The first-order valence-electron chi connectivity index (χ1n) is 5.10. The second-order valence-electron chi connectivity index (χ2n) is 3.62. The fourth-order valence-electron chi connectivity index (χ4n) is 1.84. The average molecular weight is 259 g/mol. The van der Waals surface area contributed by atoms with Crippen LogP contribution in [0.15, 0.2) is 16.9 Å². The molecule has 0 unspecified atom stereocenters. The number of rotatable bonds is 4. The largest absolute Gasteiger partial charge is 0.323 e. The number of nitrogens with one attached hydrogen (secondary N) is 2. The number of hydrogen-bond acceptors (Lipinski definition) is 1. The molecule has 1 aromatic heterocycles. The van der Waals surface area contributed by atoms with Crippen molar-refractivity contribution < 1.29 is 0 Å². The highest BCUT2D eigenvalue weighted by Gasteiger charge is 2.06. The van der Waals surface area contributed by atoms with Gasteiger partial charge in [0.25, 0.3) is 0 Å². The zero-order chi connectivity index (χ0) is 11.5. The molecule has 0 fully saturated rings. The Bertz CT molecular complexity index is 498. The summed E-state index contributed by atoms with van der Waals surface area (Å²) in [7, 11) is 0. The van der Waals surface area contributed by atoms with Gasteiger partial charge in [-0.3, -0.25) is 0 Å². The topological polar surface area (TPSA) is 48.6 Å². The summed E-state index contributed by atoms with van der Waals surface area (Å²) < 4.78 is 0. The van der Waals surface area contributed by atoms with Crippen molar-refractivity contribution >= 4 is 34.2 Å². The Morgan fingerprint density at radius 2 is 1.38 bits per heavy atom. The van der Waals surface area contributed by atoms with Gasteiger partial charge in [0, 0.05) is 11.8 Å². The first-order valence-corrected chi connectivity index (χ1v) is 6.17. The highest BCUT2D eigenvalue weighted by Crippen LogP contribution is 2.18. The Morgan fingerprint density at radius 3 is 1.75 bits per heavy atom. The van der Waals surface area contributed by atoms with Gasteiger partial charge < -0.3 is 9.97 Å². The minimum absolute atomic E-state index is 0.185. The molecule has 2 rings (SSSR count). The Kier molecular flexibility index (Phi) is 3.56. The van der Waals surface area contributed by atoms with Gasteiger partial charge in [0.2, 0.25) is 0 Å². The van der Waals surface area contributed by atoms with E-state index in [0.29, 0.717) is 11.8 Å². The van der Waals surface area contributed by atoms with Crippen molar-refractivity contribution in [2.45, 2.75) is 12.8 Å². The molecule has 0 aliphatic heterocycles. The van der Waals surface area contributed by atoms with Gasteiger partial charge in [-0.05, 0) is 36.1 Å². The lowest BCUT2D eigenvalue weighted by molar-refractivity contribution is 1.05. The predicted octanol–water partition coefficient (Wildman–Crippen LogP) is 2.42. The van der Waals surface area contributed by atoms with Crippen LogP contribution in [-0.2, 0) is 12.8 Å². The summed E-state index contributed by atoms with van der Waals surface area (Å²) in [6.07, 6.45) is 1.58. The standard InChI is InChI=1S/C11H12Cl2N2O/c12-3-1-7-5-9-10(15-11(16)14-9)6-8(7)2-4-13/h5-6H,1-4H2,(H2,14,15,16). The number of benzene rings is 1. The van der Waals surface area contributed by atoms with Gasteiger partial charge in [-0.1, -0.05) is 0 Å². The number of H-pyrrole nitrogens is 2. The van der Waals surface area contributed by atoms with E-state index in [0.717, 1.165) is 35.0 Å². The fraction of sp³-hybridized carbons (Fsp3) is 0.364. The van der Waals surface area contributed by atoms with Gasteiger partial charge in [0.1, 0.15) is 0 Å². The monoisotopic (exact) mass is 258 g/mol. The van der Waals surface area contributed by atoms with E-state index < -0.39 is 0 Å². The maximum absolute atomic E-state index is 11.2. The first kappa shape index (κ1) is 11.6. The lowest BCUT2D eigenvalue weighted by Crippen LogP contribution is -1.99. The van der Waals surface area contributed by atoms with Crippen molar-refractivity contribution in [3.8, 4) is 0 Å². The molecule has 0 aliphatic carbocycles. The van der Waals surface area contributed by atoms with Crippen LogP contribution in [0.1, 0.15) is 11.1 Å². The lowest BCUT2D eigenvalue weighted by Gasteiger charge is -2.07. The van der Waals surface area contributed by atoms with Gasteiger partial charge in [-0.2, -0.15) is 0 Å². The molecule has 0 aliphatic rings. The highest BCUT2D eigenvalue weighted by molar-refractivity contribution is 6.18. The second-order valence-corrected chi connectivity index (χ2v) is 4.38. The number of aryl methyl sites for hydroxylation is 2. The predicted molar refractivity (Wildman–Crippen MR) is 67.8 cm³/mol. The maximum Gasteiger partial charge on any atom is 0.323 e. The summed E-state index contributed by atoms with van der Waals surface area (Å²) >= 11 is 11.5. The van der Waals surface area contributed by atoms with Crippen LogP contribution in [0.5, 0.6) is 0 Å². The molecule has 2 aromatic rings. The van der Waals surface area contributed by atoms with Crippen LogP contribution >= 0.6 is 23.2 Å². The van der Waals surface area contributed by atoms with Crippen molar-refractivity contribution in [3.63, 3.8) is 0 Å². The number of imidazole rings is 1. The van der Waals surface area contributed by atoms with Crippen LogP contribution in [0.2, 0.25) is 0 Å². The molecular formula is C11H12Cl2N2O. The molecule has 2 N–H and O–H groups in total. The molecule has 0 atom stereocenters. The van der Waals surface area contributed by atoms with Crippen molar-refractivity contribution in [3.05, 3.63) is 33.7 Å². The molecule has 1 heterocycles. The van der Waals surface area contributed by atoms with Gasteiger partial charge >= 0.3 is 5.69 Å². The van der Waals surface area contributed by atoms with E-state index in [9.17, 15) is 4.79 Å². The number of halogens is 2. The van der Waals surface area contributed by atoms with Crippen LogP contribution in [-0.4, -0.2) is 21.7 Å². The third kappa shape index (κ3) is 2.25. The van der Waals surface area contributed by atoms with Gasteiger partial charge in [0.05, 0.1) is 11.0 Å². The number of aromatic nitrogens is 2. The van der Waals surface area contributed by atoms with Crippen molar-refractivity contribution in [2.24, 2.45) is 0 Å². The summed E-state index contributed by atoms with van der Waals surface area (Å²) in [5.41, 5.74) is 3.76. The van der Waals surface area contributed by atoms with E-state index in [1.807, 2.05) is 12.1 Å². The molecule has 86 valence electrons. The molecule has 0 saturated carbocycles.